The van der Waals surface area contributed by atoms with Crippen molar-refractivity contribution in [1.29, 1.82) is 0 Å². The molecule has 0 radical (unpaired) electrons. The zero-order valence-electron chi connectivity index (χ0n) is 8.69. The van der Waals surface area contributed by atoms with Crippen LogP contribution in [0.25, 0.3) is 0 Å². The van der Waals surface area contributed by atoms with Crippen molar-refractivity contribution < 1.29 is 0 Å². The van der Waals surface area contributed by atoms with Crippen LogP contribution < -0.4 is 5.73 Å². The topological polar surface area (TPSA) is 29.3 Å². The van der Waals surface area contributed by atoms with Gasteiger partial charge in [0.1, 0.15) is 0 Å². The minimum absolute atomic E-state index is 0.529. The molecule has 2 heteroatoms. The fourth-order valence-corrected chi connectivity index (χ4v) is 2.45. The van der Waals surface area contributed by atoms with Crippen molar-refractivity contribution in [2.75, 3.05) is 20.1 Å². The van der Waals surface area contributed by atoms with Gasteiger partial charge in [0.2, 0.25) is 0 Å². The Balaban J connectivity index is 2.23. The number of hydrogen-bond donors (Lipinski definition) is 1. The molecule has 1 aromatic carbocycles. The molecule has 14 heavy (non-hydrogen) atoms. The van der Waals surface area contributed by atoms with Gasteiger partial charge in [0.05, 0.1) is 0 Å². The lowest BCUT2D eigenvalue weighted by molar-refractivity contribution is 0.279. The molecule has 1 saturated heterocycles. The van der Waals surface area contributed by atoms with Gasteiger partial charge in [-0.2, -0.15) is 0 Å². The smallest absolute Gasteiger partial charge is 0.0385 e. The third-order valence-electron chi connectivity index (χ3n) is 3.22. The molecule has 2 nitrogen and oxygen atoms in total. The Morgan fingerprint density at radius 3 is 2.71 bits per heavy atom. The summed E-state index contributed by atoms with van der Waals surface area (Å²) in [6, 6.07) is 11.2. The Morgan fingerprint density at radius 2 is 2.07 bits per heavy atom. The van der Waals surface area contributed by atoms with Crippen LogP contribution in [0.15, 0.2) is 30.3 Å². The summed E-state index contributed by atoms with van der Waals surface area (Å²) >= 11 is 0. The van der Waals surface area contributed by atoms with Crippen molar-refractivity contribution in [3.8, 4) is 0 Å². The van der Waals surface area contributed by atoms with Crippen LogP contribution in [0.5, 0.6) is 0 Å². The van der Waals surface area contributed by atoms with Crippen LogP contribution in [-0.4, -0.2) is 25.0 Å². The van der Waals surface area contributed by atoms with Crippen molar-refractivity contribution in [2.24, 2.45) is 11.7 Å². The van der Waals surface area contributed by atoms with Crippen LogP contribution in [-0.2, 0) is 0 Å². The van der Waals surface area contributed by atoms with E-state index >= 15 is 0 Å². The van der Waals surface area contributed by atoms with Crippen LogP contribution >= 0.6 is 0 Å². The summed E-state index contributed by atoms with van der Waals surface area (Å²) in [5.74, 6) is 0.627. The fraction of sp³-hybridized carbons (Fsp3) is 0.500. The predicted octanol–water partition coefficient (Wildman–Crippen LogP) is 1.64. The molecule has 0 aliphatic carbocycles. The first kappa shape index (κ1) is 9.69. The van der Waals surface area contributed by atoms with E-state index in [1.807, 2.05) is 0 Å². The number of benzene rings is 1. The van der Waals surface area contributed by atoms with E-state index < -0.39 is 0 Å². The fourth-order valence-electron chi connectivity index (χ4n) is 2.45. The molecule has 1 fully saturated rings. The van der Waals surface area contributed by atoms with E-state index in [1.165, 1.54) is 18.5 Å². The summed E-state index contributed by atoms with van der Waals surface area (Å²) in [4.78, 5) is 2.41. The van der Waals surface area contributed by atoms with Gasteiger partial charge in [-0.1, -0.05) is 30.3 Å². The van der Waals surface area contributed by atoms with E-state index in [2.05, 4.69) is 42.3 Å². The molecule has 0 spiro atoms. The number of rotatable bonds is 2. The molecule has 0 aromatic heterocycles. The molecule has 76 valence electrons. The zero-order chi connectivity index (χ0) is 9.97. The standard InChI is InChI=1S/C12H18N2/c1-14-8-7-11(9-13)12(14)10-5-3-2-4-6-10/h2-6,11-12H,7-9,13H2,1H3/t11-,12-/m0/s1. The third-order valence-corrected chi connectivity index (χ3v) is 3.22. The average molecular weight is 190 g/mol. The maximum Gasteiger partial charge on any atom is 0.0385 e. The summed E-state index contributed by atoms with van der Waals surface area (Å²) in [6.45, 7) is 1.96. The molecule has 0 saturated carbocycles. The highest BCUT2D eigenvalue weighted by molar-refractivity contribution is 5.21. The Morgan fingerprint density at radius 1 is 1.36 bits per heavy atom. The first-order valence-corrected chi connectivity index (χ1v) is 5.28. The molecule has 2 rings (SSSR count). The highest BCUT2D eigenvalue weighted by Gasteiger charge is 2.31. The van der Waals surface area contributed by atoms with Crippen LogP contribution in [0, 0.1) is 5.92 Å². The molecule has 1 heterocycles. The minimum atomic E-state index is 0.529. The maximum absolute atomic E-state index is 5.80. The first-order chi connectivity index (χ1) is 6.83. The summed E-state index contributed by atoms with van der Waals surface area (Å²) < 4.78 is 0. The zero-order valence-corrected chi connectivity index (χ0v) is 8.69. The van der Waals surface area contributed by atoms with Gasteiger partial charge < -0.3 is 5.73 Å². The summed E-state index contributed by atoms with van der Waals surface area (Å²) in [5.41, 5.74) is 7.20. The van der Waals surface area contributed by atoms with Gasteiger partial charge in [0.25, 0.3) is 0 Å². The quantitative estimate of drug-likeness (QED) is 0.768. The minimum Gasteiger partial charge on any atom is -0.330 e. The summed E-state index contributed by atoms with van der Waals surface area (Å²) in [5, 5.41) is 0. The molecule has 1 aromatic rings. The van der Waals surface area contributed by atoms with Gasteiger partial charge in [-0.15, -0.1) is 0 Å². The second-order valence-corrected chi connectivity index (χ2v) is 4.12. The number of hydrogen-bond acceptors (Lipinski definition) is 2. The number of nitrogens with two attached hydrogens (primary N) is 1. The Labute approximate surface area is 85.7 Å². The number of nitrogens with zero attached hydrogens (tertiary/aromatic N) is 1. The molecule has 1 aliphatic heterocycles. The van der Waals surface area contributed by atoms with Gasteiger partial charge >= 0.3 is 0 Å². The monoisotopic (exact) mass is 190 g/mol. The van der Waals surface area contributed by atoms with Gasteiger partial charge in [-0.3, -0.25) is 4.90 Å². The second-order valence-electron chi connectivity index (χ2n) is 4.12. The third kappa shape index (κ3) is 1.68. The lowest BCUT2D eigenvalue weighted by atomic mass is 9.94. The van der Waals surface area contributed by atoms with Crippen molar-refractivity contribution >= 4 is 0 Å². The van der Waals surface area contributed by atoms with Crippen molar-refractivity contribution in [3.63, 3.8) is 0 Å². The van der Waals surface area contributed by atoms with Gasteiger partial charge in [-0.25, -0.2) is 0 Å². The van der Waals surface area contributed by atoms with Gasteiger partial charge in [-0.05, 0) is 38.0 Å². The lowest BCUT2D eigenvalue weighted by Gasteiger charge is -2.24. The van der Waals surface area contributed by atoms with E-state index in [4.69, 9.17) is 5.73 Å². The van der Waals surface area contributed by atoms with Crippen LogP contribution in [0.3, 0.4) is 0 Å². The van der Waals surface area contributed by atoms with Crippen LogP contribution in [0.2, 0.25) is 0 Å². The molecular weight excluding hydrogens is 172 g/mol. The summed E-state index contributed by atoms with van der Waals surface area (Å²) in [6.07, 6.45) is 1.23. The number of likely N-dealkylation sites (tertiary alicyclic amines) is 1. The summed E-state index contributed by atoms with van der Waals surface area (Å²) in [7, 11) is 2.19. The second kappa shape index (κ2) is 4.11. The highest BCUT2D eigenvalue weighted by Crippen LogP contribution is 2.34. The normalized spacial score (nSPS) is 28.1. The van der Waals surface area contributed by atoms with Crippen LogP contribution in [0.1, 0.15) is 18.0 Å². The van der Waals surface area contributed by atoms with Crippen molar-refractivity contribution in [2.45, 2.75) is 12.5 Å². The first-order valence-electron chi connectivity index (χ1n) is 5.28. The van der Waals surface area contributed by atoms with Crippen molar-refractivity contribution in [1.82, 2.24) is 4.90 Å². The Bertz CT molecular complexity index is 284. The molecule has 2 N–H and O–H groups in total. The van der Waals surface area contributed by atoms with Gasteiger partial charge in [0, 0.05) is 6.04 Å². The Kier molecular flexibility index (Phi) is 2.85. The molecule has 1 aliphatic rings. The SMILES string of the molecule is CN1CC[C@@H](CN)[C@@H]1c1ccccc1. The lowest BCUT2D eigenvalue weighted by Crippen LogP contribution is -2.25. The van der Waals surface area contributed by atoms with E-state index in [1.54, 1.807) is 0 Å². The van der Waals surface area contributed by atoms with Gasteiger partial charge in [0.15, 0.2) is 0 Å². The maximum atomic E-state index is 5.80. The largest absolute Gasteiger partial charge is 0.330 e. The molecular formula is C12H18N2. The van der Waals surface area contributed by atoms with Crippen molar-refractivity contribution in [3.05, 3.63) is 35.9 Å². The molecule has 0 amide bonds. The molecule has 2 atom stereocenters. The average Bonchev–Trinajstić information content (AvgIpc) is 2.61. The molecule has 0 bridgehead atoms. The Hall–Kier alpha value is -0.860. The highest BCUT2D eigenvalue weighted by atomic mass is 15.2. The van der Waals surface area contributed by atoms with E-state index in [0.717, 1.165) is 6.54 Å². The van der Waals surface area contributed by atoms with E-state index in [9.17, 15) is 0 Å². The van der Waals surface area contributed by atoms with E-state index in [-0.39, 0.29) is 0 Å². The predicted molar refractivity (Wildman–Crippen MR) is 59.0 cm³/mol. The molecule has 0 unspecified atom stereocenters. The van der Waals surface area contributed by atoms with E-state index in [0.29, 0.717) is 12.0 Å². The van der Waals surface area contributed by atoms with Crippen LogP contribution in [0.4, 0.5) is 0 Å².